The van der Waals surface area contributed by atoms with E-state index < -0.39 is 5.97 Å². The average Bonchev–Trinajstić information content (AvgIpc) is 2.62. The second-order valence-electron chi connectivity index (χ2n) is 6.57. The summed E-state index contributed by atoms with van der Waals surface area (Å²) in [6, 6.07) is 9.90. The fourth-order valence-electron chi connectivity index (χ4n) is 3.72. The zero-order chi connectivity index (χ0) is 16.5. The van der Waals surface area contributed by atoms with Gasteiger partial charge in [-0.25, -0.2) is 4.79 Å². The fraction of sp³-hybridized carbons (Fsp3) is 0.300. The molecule has 5 heteroatoms. The molecule has 0 amide bonds. The number of nitrogens with one attached hydrogen (secondary N) is 1. The molecule has 124 valence electrons. The number of fused-ring (bicyclic) bond motifs is 3. The predicted molar refractivity (Wildman–Crippen MR) is 104 cm³/mol. The van der Waals surface area contributed by atoms with Crippen LogP contribution in [0.4, 0.5) is 5.69 Å². The number of hydrogen-bond donors (Lipinski definition) is 2. The van der Waals surface area contributed by atoms with Crippen LogP contribution in [0.2, 0.25) is 0 Å². The van der Waals surface area contributed by atoms with E-state index in [1.807, 2.05) is 24.5 Å². The van der Waals surface area contributed by atoms with Crippen LogP contribution in [0.5, 0.6) is 0 Å². The van der Waals surface area contributed by atoms with Crippen molar-refractivity contribution in [3.8, 4) is 0 Å². The Balaban J connectivity index is 0.00000182. The summed E-state index contributed by atoms with van der Waals surface area (Å²) in [7, 11) is 0. The zero-order valence-corrected chi connectivity index (χ0v) is 13.5. The number of anilines is 1. The van der Waals surface area contributed by atoms with Gasteiger partial charge in [-0.3, -0.25) is 4.98 Å². The van der Waals surface area contributed by atoms with Crippen LogP contribution < -0.4 is 5.32 Å². The number of hydrogen-bond acceptors (Lipinski definition) is 3. The summed E-state index contributed by atoms with van der Waals surface area (Å²) in [5.74, 6) is -0.898. The van der Waals surface area contributed by atoms with E-state index >= 15 is 0 Å². The van der Waals surface area contributed by atoms with Crippen molar-refractivity contribution in [2.75, 3.05) is 5.32 Å². The van der Waals surface area contributed by atoms with E-state index in [2.05, 4.69) is 16.4 Å². The topological polar surface area (TPSA) is 62.2 Å². The quantitative estimate of drug-likeness (QED) is 0.553. The first-order chi connectivity index (χ1) is 11.7. The van der Waals surface area contributed by atoms with Crippen LogP contribution in [-0.2, 0) is 0 Å². The minimum absolute atomic E-state index is 0. The molecule has 0 aliphatic heterocycles. The number of carboxylic acids is 1. The van der Waals surface area contributed by atoms with Crippen molar-refractivity contribution in [3.63, 3.8) is 0 Å². The van der Waals surface area contributed by atoms with Crippen molar-refractivity contribution in [2.24, 2.45) is 0 Å². The maximum atomic E-state index is 11.3. The van der Waals surface area contributed by atoms with E-state index in [0.29, 0.717) is 11.6 Å². The predicted octanol–water partition coefficient (Wildman–Crippen LogP) is 4.18. The van der Waals surface area contributed by atoms with Gasteiger partial charge in [-0.05, 0) is 47.9 Å². The van der Waals surface area contributed by atoms with Crippen molar-refractivity contribution in [1.29, 1.82) is 0 Å². The normalized spacial score (nSPS) is 15.0. The van der Waals surface area contributed by atoms with Crippen molar-refractivity contribution >= 4 is 62.8 Å². The van der Waals surface area contributed by atoms with Crippen LogP contribution in [0.3, 0.4) is 0 Å². The molecule has 0 bridgehead atoms. The number of rotatable bonds is 3. The molecule has 2 aromatic carbocycles. The zero-order valence-electron chi connectivity index (χ0n) is 13.5. The number of carboxylic acid groups (broad SMARTS) is 1. The van der Waals surface area contributed by atoms with Crippen LogP contribution in [0.1, 0.15) is 42.5 Å². The standard InChI is InChI=1S/C20H20N2O2.Na.H/c23-20(24)13-6-7-16-14(10-13)11-19(17-8-9-21-12-18(16)17)22-15-4-2-1-3-5-15;;/h6-12,15,22H,1-5H2,(H,23,24);;. The molecule has 0 spiro atoms. The van der Waals surface area contributed by atoms with E-state index in [0.717, 1.165) is 27.2 Å². The molecule has 1 aromatic heterocycles. The van der Waals surface area contributed by atoms with Gasteiger partial charge < -0.3 is 10.4 Å². The molecule has 2 N–H and O–H groups in total. The van der Waals surface area contributed by atoms with Gasteiger partial charge in [-0.1, -0.05) is 25.3 Å². The summed E-state index contributed by atoms with van der Waals surface area (Å²) < 4.78 is 0. The van der Waals surface area contributed by atoms with Gasteiger partial charge in [0, 0.05) is 34.9 Å². The first-order valence-electron chi connectivity index (χ1n) is 8.53. The van der Waals surface area contributed by atoms with Gasteiger partial charge in [0.05, 0.1) is 5.56 Å². The van der Waals surface area contributed by atoms with E-state index in [9.17, 15) is 9.90 Å². The molecule has 0 atom stereocenters. The first-order valence-corrected chi connectivity index (χ1v) is 8.53. The Morgan fingerprint density at radius 2 is 1.84 bits per heavy atom. The number of benzene rings is 2. The van der Waals surface area contributed by atoms with Crippen molar-refractivity contribution in [1.82, 2.24) is 4.98 Å². The van der Waals surface area contributed by atoms with Crippen LogP contribution in [0, 0.1) is 0 Å². The van der Waals surface area contributed by atoms with E-state index in [1.165, 1.54) is 32.1 Å². The molecule has 4 nitrogen and oxygen atoms in total. The summed E-state index contributed by atoms with van der Waals surface area (Å²) >= 11 is 0. The van der Waals surface area contributed by atoms with Crippen LogP contribution in [0.15, 0.2) is 42.7 Å². The summed E-state index contributed by atoms with van der Waals surface area (Å²) in [5.41, 5.74) is 1.39. The summed E-state index contributed by atoms with van der Waals surface area (Å²) in [4.78, 5) is 15.5. The minimum atomic E-state index is -0.898. The molecule has 1 heterocycles. The third-order valence-corrected chi connectivity index (χ3v) is 4.96. The molecular weight excluding hydrogens is 323 g/mol. The van der Waals surface area contributed by atoms with Gasteiger partial charge in [-0.2, -0.15) is 0 Å². The molecule has 1 fully saturated rings. The summed E-state index contributed by atoms with van der Waals surface area (Å²) in [5, 5.41) is 17.1. The number of aromatic carboxylic acids is 1. The van der Waals surface area contributed by atoms with Crippen LogP contribution in [0.25, 0.3) is 21.5 Å². The molecule has 0 unspecified atom stereocenters. The third-order valence-electron chi connectivity index (χ3n) is 4.96. The van der Waals surface area contributed by atoms with Gasteiger partial charge >= 0.3 is 35.5 Å². The molecule has 3 aromatic rings. The van der Waals surface area contributed by atoms with Gasteiger partial charge in [-0.15, -0.1) is 0 Å². The van der Waals surface area contributed by atoms with Crippen molar-refractivity contribution in [2.45, 2.75) is 38.1 Å². The molecule has 0 saturated heterocycles. The van der Waals surface area contributed by atoms with E-state index in [4.69, 9.17) is 0 Å². The summed E-state index contributed by atoms with van der Waals surface area (Å²) in [6.07, 6.45) is 9.93. The summed E-state index contributed by atoms with van der Waals surface area (Å²) in [6.45, 7) is 0. The SMILES string of the molecule is O=C(O)c1ccc2c(c1)cc(NC1CCCCC1)c1ccncc12.[NaH]. The molecule has 0 radical (unpaired) electrons. The second kappa shape index (κ2) is 7.73. The number of carbonyl (C=O) groups is 1. The van der Waals surface area contributed by atoms with Gasteiger partial charge in [0.25, 0.3) is 0 Å². The van der Waals surface area contributed by atoms with Crippen LogP contribution in [-0.4, -0.2) is 51.7 Å². The Labute approximate surface area is 168 Å². The molecule has 1 aliphatic rings. The Kier molecular flexibility index (Phi) is 5.62. The molecule has 1 saturated carbocycles. The maximum absolute atomic E-state index is 11.3. The Hall–Kier alpha value is -1.62. The van der Waals surface area contributed by atoms with Crippen molar-refractivity contribution < 1.29 is 9.90 Å². The third kappa shape index (κ3) is 3.66. The average molecular weight is 344 g/mol. The van der Waals surface area contributed by atoms with Gasteiger partial charge in [0.1, 0.15) is 0 Å². The van der Waals surface area contributed by atoms with Gasteiger partial charge in [0.15, 0.2) is 0 Å². The Morgan fingerprint density at radius 1 is 1.04 bits per heavy atom. The first kappa shape index (κ1) is 18.2. The van der Waals surface area contributed by atoms with E-state index in [-0.39, 0.29) is 29.6 Å². The number of nitrogens with zero attached hydrogens (tertiary/aromatic N) is 1. The number of pyridine rings is 1. The molecular formula is C20H21N2NaO2. The van der Waals surface area contributed by atoms with E-state index in [1.54, 1.807) is 12.1 Å². The van der Waals surface area contributed by atoms with Crippen LogP contribution >= 0.6 is 0 Å². The molecule has 1 aliphatic carbocycles. The van der Waals surface area contributed by atoms with Crippen molar-refractivity contribution in [3.05, 3.63) is 48.3 Å². The fourth-order valence-corrected chi connectivity index (χ4v) is 3.72. The molecule has 25 heavy (non-hydrogen) atoms. The Bertz CT molecular complexity index is 920. The second-order valence-corrected chi connectivity index (χ2v) is 6.57. The van der Waals surface area contributed by atoms with Gasteiger partial charge in [0.2, 0.25) is 0 Å². The number of aromatic nitrogens is 1. The monoisotopic (exact) mass is 344 g/mol. The molecule has 4 rings (SSSR count). The Morgan fingerprint density at radius 3 is 2.60 bits per heavy atom.